The second kappa shape index (κ2) is 20.3. The fourth-order valence-electron chi connectivity index (χ4n) is 6.58. The van der Waals surface area contributed by atoms with E-state index in [1.807, 2.05) is 60.7 Å². The van der Waals surface area contributed by atoms with E-state index in [0.717, 1.165) is 11.1 Å². The van der Waals surface area contributed by atoms with Crippen LogP contribution in [0.4, 0.5) is 4.79 Å². The molecular weight excluding hydrogens is 740 g/mol. The number of azide groups is 3. The van der Waals surface area contributed by atoms with Crippen LogP contribution in [-0.4, -0.2) is 90.4 Å². The highest BCUT2D eigenvalue weighted by Gasteiger charge is 2.53. The summed E-state index contributed by atoms with van der Waals surface area (Å²) in [6.07, 6.45) is -10.5. The lowest BCUT2D eigenvalue weighted by atomic mass is 9.83. The smallest absolute Gasteiger partial charge is 0.408 e. The minimum atomic E-state index is -1.77. The summed E-state index contributed by atoms with van der Waals surface area (Å²) in [4.78, 5) is 35.3. The Morgan fingerprint density at radius 1 is 0.807 bits per heavy atom. The molecule has 0 aromatic heterocycles. The van der Waals surface area contributed by atoms with Crippen LogP contribution < -0.4 is 5.32 Å². The number of hydrogen-bond acceptors (Lipinski definition) is 12. The number of alkyl carbamates (subject to hydrolysis) is 1. The maximum Gasteiger partial charge on any atom is 0.408 e. The summed E-state index contributed by atoms with van der Waals surface area (Å²) in [7, 11) is 0. The molecule has 0 radical (unpaired) electrons. The van der Waals surface area contributed by atoms with E-state index in [9.17, 15) is 31.3 Å². The number of aliphatic hydroxyl groups is 1. The molecule has 2 fully saturated rings. The Morgan fingerprint density at radius 2 is 1.39 bits per heavy atom. The highest BCUT2D eigenvalue weighted by atomic mass is 16.7. The van der Waals surface area contributed by atoms with Gasteiger partial charge < -0.3 is 38.8 Å². The molecule has 0 bridgehead atoms. The number of amides is 1. The normalized spacial score (nSPS) is 27.0. The van der Waals surface area contributed by atoms with Gasteiger partial charge in [0.15, 0.2) is 12.4 Å². The first kappa shape index (κ1) is 42.3. The van der Waals surface area contributed by atoms with Crippen LogP contribution in [-0.2, 0) is 41.6 Å². The summed E-state index contributed by atoms with van der Waals surface area (Å²) in [5, 5.41) is 26.3. The molecule has 5 rings (SSSR count). The number of rotatable bonds is 15. The molecule has 3 aromatic carbocycles. The molecule has 1 heterocycles. The van der Waals surface area contributed by atoms with Crippen LogP contribution in [0.2, 0.25) is 0 Å². The summed E-state index contributed by atoms with van der Waals surface area (Å²) in [6, 6.07) is 22.8. The highest BCUT2D eigenvalue weighted by Crippen LogP contribution is 2.36. The number of nitrogens with one attached hydrogen (secondary N) is 1. The number of carbonyl (C=O) groups excluding carboxylic acids is 2. The Hall–Kier alpha value is -5.87. The second-order valence-corrected chi connectivity index (χ2v) is 14.3. The van der Waals surface area contributed by atoms with Crippen molar-refractivity contribution in [2.24, 2.45) is 15.3 Å². The molecule has 2 aliphatic rings. The SMILES string of the molecule is CC(C)(C)OC(=O)N[C@@H]1C[C@H](N=[N+]=[N-])[C@@H](O[C@H]2O[C@H](CN=[N+]=[N-])[C@@H](OCc3ccccc3)[C@H](OCc3ccccc3)[C@H]2N=[N+]=[N-])[C@H](O)[C@H]1OC(=O)c1ccccc1. The van der Waals surface area contributed by atoms with Crippen LogP contribution in [0.25, 0.3) is 31.3 Å². The van der Waals surface area contributed by atoms with E-state index >= 15 is 0 Å². The zero-order valence-electron chi connectivity index (χ0n) is 31.5. The van der Waals surface area contributed by atoms with Crippen LogP contribution in [0, 0.1) is 0 Å². The summed E-state index contributed by atoms with van der Waals surface area (Å²) >= 11 is 0. The van der Waals surface area contributed by atoms with Crippen molar-refractivity contribution in [3.8, 4) is 0 Å². The highest BCUT2D eigenvalue weighted by molar-refractivity contribution is 5.89. The molecular formula is C38H44N10O9. The number of esters is 1. The predicted octanol–water partition coefficient (Wildman–Crippen LogP) is 6.82. The molecule has 0 spiro atoms. The van der Waals surface area contributed by atoms with Crippen LogP contribution in [0.15, 0.2) is 106 Å². The van der Waals surface area contributed by atoms with Gasteiger partial charge in [0, 0.05) is 14.7 Å². The van der Waals surface area contributed by atoms with Gasteiger partial charge in [-0.3, -0.25) is 0 Å². The number of carbonyl (C=O) groups is 2. The first-order valence-electron chi connectivity index (χ1n) is 18.2. The van der Waals surface area contributed by atoms with Crippen molar-refractivity contribution in [2.75, 3.05) is 6.54 Å². The maximum atomic E-state index is 13.4. The van der Waals surface area contributed by atoms with Gasteiger partial charge in [-0.1, -0.05) is 94.2 Å². The second-order valence-electron chi connectivity index (χ2n) is 14.3. The largest absolute Gasteiger partial charge is 0.454 e. The van der Waals surface area contributed by atoms with Crippen molar-refractivity contribution in [1.29, 1.82) is 0 Å². The van der Waals surface area contributed by atoms with E-state index in [1.165, 1.54) is 12.1 Å². The van der Waals surface area contributed by atoms with Gasteiger partial charge in [-0.2, -0.15) is 0 Å². The maximum absolute atomic E-state index is 13.4. The molecule has 10 atom stereocenters. The van der Waals surface area contributed by atoms with Gasteiger partial charge in [-0.25, -0.2) is 9.59 Å². The van der Waals surface area contributed by atoms with E-state index in [4.69, 9.17) is 28.4 Å². The predicted molar refractivity (Wildman–Crippen MR) is 203 cm³/mol. The van der Waals surface area contributed by atoms with E-state index in [-0.39, 0.29) is 31.7 Å². The monoisotopic (exact) mass is 784 g/mol. The van der Waals surface area contributed by atoms with Crippen molar-refractivity contribution in [3.63, 3.8) is 0 Å². The first-order chi connectivity index (χ1) is 27.5. The summed E-state index contributed by atoms with van der Waals surface area (Å²) in [5.41, 5.74) is 29.6. The summed E-state index contributed by atoms with van der Waals surface area (Å²) < 4.78 is 36.8. The van der Waals surface area contributed by atoms with Gasteiger partial charge in [-0.15, -0.1) is 0 Å². The molecule has 1 saturated heterocycles. The summed E-state index contributed by atoms with van der Waals surface area (Å²) in [6.45, 7) is 4.84. The van der Waals surface area contributed by atoms with Crippen LogP contribution >= 0.6 is 0 Å². The van der Waals surface area contributed by atoms with E-state index < -0.39 is 78.7 Å². The van der Waals surface area contributed by atoms with E-state index in [2.05, 4.69) is 35.4 Å². The fraction of sp³-hybridized carbons (Fsp3) is 0.474. The van der Waals surface area contributed by atoms with Crippen molar-refractivity contribution in [2.45, 2.75) is 107 Å². The van der Waals surface area contributed by atoms with Crippen LogP contribution in [0.1, 0.15) is 48.7 Å². The van der Waals surface area contributed by atoms with Gasteiger partial charge >= 0.3 is 12.1 Å². The van der Waals surface area contributed by atoms with E-state index in [0.29, 0.717) is 0 Å². The van der Waals surface area contributed by atoms with Gasteiger partial charge in [0.05, 0.1) is 49.6 Å². The van der Waals surface area contributed by atoms with Crippen LogP contribution in [0.5, 0.6) is 0 Å². The lowest BCUT2D eigenvalue weighted by molar-refractivity contribution is -0.300. The lowest BCUT2D eigenvalue weighted by Crippen LogP contribution is -2.65. The standard InChI is InChI=1S/C38H44N10O9/c1-38(2,3)57-37(51)43-26-19-27(44-47-40)32(30(49)31(26)55-35(50)25-17-11-6-12-18-25)56-36-29(45-48-41)34(53-22-24-15-9-5-10-16-24)33(28(54-36)20-42-46-39)52-21-23-13-7-4-8-14-23/h4-18,26-34,36,49H,19-22H2,1-3H3,(H,43,51)/t26-,27+,28-,29-,30-,31+,32-,33-,34-,36-/m1/s1. The first-order valence-corrected chi connectivity index (χ1v) is 18.2. The fourth-order valence-corrected chi connectivity index (χ4v) is 6.58. The molecule has 57 heavy (non-hydrogen) atoms. The van der Waals surface area contributed by atoms with Gasteiger partial charge in [0.1, 0.15) is 30.0 Å². The van der Waals surface area contributed by atoms with Gasteiger partial charge in [-0.05, 0) is 67.0 Å². The lowest BCUT2D eigenvalue weighted by Gasteiger charge is -2.48. The average Bonchev–Trinajstić information content (AvgIpc) is 3.19. The van der Waals surface area contributed by atoms with Crippen molar-refractivity contribution >= 4 is 12.1 Å². The number of hydrogen-bond donors (Lipinski definition) is 2. The Kier molecular flexibility index (Phi) is 15.1. The number of aliphatic hydroxyl groups excluding tert-OH is 1. The number of nitrogens with zero attached hydrogens (tertiary/aromatic N) is 9. The number of benzene rings is 3. The molecule has 300 valence electrons. The van der Waals surface area contributed by atoms with Crippen LogP contribution in [0.3, 0.4) is 0 Å². The Bertz CT molecular complexity index is 1920. The van der Waals surface area contributed by atoms with Gasteiger partial charge in [0.25, 0.3) is 0 Å². The van der Waals surface area contributed by atoms with E-state index in [1.54, 1.807) is 39.0 Å². The third kappa shape index (κ3) is 11.8. The zero-order valence-corrected chi connectivity index (χ0v) is 31.5. The van der Waals surface area contributed by atoms with Crippen molar-refractivity contribution in [3.05, 3.63) is 139 Å². The minimum Gasteiger partial charge on any atom is -0.454 e. The molecule has 3 aromatic rings. The quantitative estimate of drug-likeness (QED) is 0.0707. The topological polar surface area (TPSA) is 268 Å². The molecule has 2 N–H and O–H groups in total. The molecule has 1 aliphatic heterocycles. The molecule has 19 nitrogen and oxygen atoms in total. The Morgan fingerprint density at radius 3 is 1.95 bits per heavy atom. The third-order valence-corrected chi connectivity index (χ3v) is 9.09. The molecule has 1 amide bonds. The van der Waals surface area contributed by atoms with Gasteiger partial charge in [0.2, 0.25) is 0 Å². The molecule has 0 unspecified atom stereocenters. The number of ether oxygens (including phenoxy) is 6. The molecule has 19 heteroatoms. The zero-order chi connectivity index (χ0) is 40.8. The summed E-state index contributed by atoms with van der Waals surface area (Å²) in [5.74, 6) is -0.820. The molecule has 1 saturated carbocycles. The molecule has 1 aliphatic carbocycles. The Balaban J connectivity index is 1.50. The average molecular weight is 785 g/mol. The van der Waals surface area contributed by atoms with Crippen molar-refractivity contribution < 1.29 is 43.1 Å². The van der Waals surface area contributed by atoms with Crippen molar-refractivity contribution in [1.82, 2.24) is 5.32 Å². The minimum absolute atomic E-state index is 0.0397. The third-order valence-electron chi connectivity index (χ3n) is 9.09. The Labute approximate surface area is 328 Å².